The van der Waals surface area contributed by atoms with Crippen LogP contribution in [0.3, 0.4) is 0 Å². The van der Waals surface area contributed by atoms with E-state index in [4.69, 9.17) is 9.47 Å². The number of alkyl halides is 2. The molecular formula is C9H8F2O2. The average Bonchev–Trinajstić information content (AvgIpc) is 2.43. The fraction of sp³-hybridized carbons (Fsp3) is 0.333. The van der Waals surface area contributed by atoms with Crippen LogP contribution in [0.2, 0.25) is 0 Å². The fourth-order valence-electron chi connectivity index (χ4n) is 1.35. The molecular weight excluding hydrogens is 178 g/mol. The zero-order chi connectivity index (χ0) is 9.47. The van der Waals surface area contributed by atoms with Gasteiger partial charge in [0.15, 0.2) is 18.1 Å². The van der Waals surface area contributed by atoms with E-state index in [0.717, 1.165) is 0 Å². The van der Waals surface area contributed by atoms with Gasteiger partial charge in [-0.3, -0.25) is 0 Å². The first-order chi connectivity index (χ1) is 6.15. The van der Waals surface area contributed by atoms with Crippen LogP contribution in [0, 0.1) is 0 Å². The number of fused-ring (bicyclic) bond motifs is 1. The molecule has 0 aliphatic carbocycles. The topological polar surface area (TPSA) is 18.5 Å². The molecule has 0 bridgehead atoms. The van der Waals surface area contributed by atoms with E-state index in [1.165, 1.54) is 19.2 Å². The van der Waals surface area contributed by atoms with E-state index in [2.05, 4.69) is 0 Å². The standard InChI is InChI=1S/C9H8F2O2/c1-12-7-4-2-3-6-8(7)13-5-9(6,10)11/h2-4H,5H2,1H3. The zero-order valence-corrected chi connectivity index (χ0v) is 7.01. The van der Waals surface area contributed by atoms with Crippen LogP contribution < -0.4 is 9.47 Å². The van der Waals surface area contributed by atoms with Crippen LogP contribution in [-0.4, -0.2) is 13.7 Å². The largest absolute Gasteiger partial charge is 0.493 e. The number of benzene rings is 1. The Morgan fingerprint density at radius 1 is 1.46 bits per heavy atom. The molecule has 1 aromatic rings. The van der Waals surface area contributed by atoms with Crippen molar-refractivity contribution in [2.75, 3.05) is 13.7 Å². The lowest BCUT2D eigenvalue weighted by Crippen LogP contribution is -2.14. The molecule has 0 saturated heterocycles. The molecule has 0 radical (unpaired) electrons. The van der Waals surface area contributed by atoms with Crippen molar-refractivity contribution >= 4 is 0 Å². The Balaban J connectivity index is 2.56. The first kappa shape index (κ1) is 8.29. The van der Waals surface area contributed by atoms with Gasteiger partial charge in [-0.05, 0) is 12.1 Å². The minimum absolute atomic E-state index is 0.0909. The molecule has 2 rings (SSSR count). The maximum Gasteiger partial charge on any atom is 0.310 e. The van der Waals surface area contributed by atoms with Crippen molar-refractivity contribution < 1.29 is 18.3 Å². The van der Waals surface area contributed by atoms with E-state index in [1.807, 2.05) is 0 Å². The van der Waals surface area contributed by atoms with Gasteiger partial charge < -0.3 is 9.47 Å². The Morgan fingerprint density at radius 2 is 2.23 bits per heavy atom. The van der Waals surface area contributed by atoms with Gasteiger partial charge in [0.1, 0.15) is 0 Å². The third kappa shape index (κ3) is 1.13. The lowest BCUT2D eigenvalue weighted by molar-refractivity contribution is -0.0214. The Kier molecular flexibility index (Phi) is 1.65. The number of halogens is 2. The van der Waals surface area contributed by atoms with Gasteiger partial charge in [0, 0.05) is 0 Å². The number of hydrogen-bond donors (Lipinski definition) is 0. The minimum Gasteiger partial charge on any atom is -0.493 e. The number of ether oxygens (including phenoxy) is 2. The highest BCUT2D eigenvalue weighted by atomic mass is 19.3. The van der Waals surface area contributed by atoms with Gasteiger partial charge in [-0.1, -0.05) is 6.07 Å². The summed E-state index contributed by atoms with van der Waals surface area (Å²) in [5.74, 6) is -2.37. The van der Waals surface area contributed by atoms with Crippen molar-refractivity contribution in [3.05, 3.63) is 23.8 Å². The number of hydrogen-bond acceptors (Lipinski definition) is 2. The Morgan fingerprint density at radius 3 is 2.92 bits per heavy atom. The summed E-state index contributed by atoms with van der Waals surface area (Å²) in [6.07, 6.45) is 0. The van der Waals surface area contributed by atoms with Gasteiger partial charge in [0.2, 0.25) is 0 Å². The van der Waals surface area contributed by atoms with Crippen molar-refractivity contribution in [1.29, 1.82) is 0 Å². The van der Waals surface area contributed by atoms with Gasteiger partial charge >= 0.3 is 5.92 Å². The van der Waals surface area contributed by atoms with Crippen molar-refractivity contribution in [2.24, 2.45) is 0 Å². The molecule has 1 heterocycles. The van der Waals surface area contributed by atoms with E-state index in [0.29, 0.717) is 5.75 Å². The summed E-state index contributed by atoms with van der Waals surface area (Å²) in [5, 5.41) is 0. The average molecular weight is 186 g/mol. The molecule has 1 aromatic carbocycles. The molecule has 0 saturated carbocycles. The third-order valence-corrected chi connectivity index (χ3v) is 1.99. The quantitative estimate of drug-likeness (QED) is 0.669. The predicted octanol–water partition coefficient (Wildman–Crippen LogP) is 2.18. The van der Waals surface area contributed by atoms with Gasteiger partial charge in [-0.25, -0.2) is 0 Å². The Hall–Kier alpha value is -1.32. The van der Waals surface area contributed by atoms with Crippen molar-refractivity contribution in [1.82, 2.24) is 0 Å². The Labute approximate surface area is 74.1 Å². The van der Waals surface area contributed by atoms with Crippen LogP contribution in [0.5, 0.6) is 11.5 Å². The van der Waals surface area contributed by atoms with Gasteiger partial charge in [0.05, 0.1) is 12.7 Å². The van der Waals surface area contributed by atoms with Crippen molar-refractivity contribution in [2.45, 2.75) is 5.92 Å². The van der Waals surface area contributed by atoms with Crippen LogP contribution in [0.15, 0.2) is 18.2 Å². The van der Waals surface area contributed by atoms with Crippen LogP contribution in [0.25, 0.3) is 0 Å². The van der Waals surface area contributed by atoms with Crippen molar-refractivity contribution in [3.63, 3.8) is 0 Å². The maximum absolute atomic E-state index is 13.1. The zero-order valence-electron chi connectivity index (χ0n) is 7.01. The van der Waals surface area contributed by atoms with Gasteiger partial charge in [-0.15, -0.1) is 0 Å². The summed E-state index contributed by atoms with van der Waals surface area (Å²) in [5.41, 5.74) is -0.0909. The van der Waals surface area contributed by atoms with Gasteiger partial charge in [0.25, 0.3) is 0 Å². The molecule has 0 fully saturated rings. The maximum atomic E-state index is 13.1. The smallest absolute Gasteiger partial charge is 0.310 e. The molecule has 1 aliphatic rings. The van der Waals surface area contributed by atoms with Crippen LogP contribution in [0.4, 0.5) is 8.78 Å². The normalized spacial score (nSPS) is 17.8. The molecule has 2 nitrogen and oxygen atoms in total. The summed E-state index contributed by atoms with van der Waals surface area (Å²) in [6, 6.07) is 4.48. The molecule has 70 valence electrons. The summed E-state index contributed by atoms with van der Waals surface area (Å²) in [7, 11) is 1.43. The summed E-state index contributed by atoms with van der Waals surface area (Å²) in [6.45, 7) is -0.595. The minimum atomic E-state index is -2.89. The Bertz CT molecular complexity index is 336. The molecule has 0 N–H and O–H groups in total. The lowest BCUT2D eigenvalue weighted by atomic mass is 10.1. The van der Waals surface area contributed by atoms with Crippen LogP contribution in [0.1, 0.15) is 5.56 Å². The molecule has 4 heteroatoms. The molecule has 0 spiro atoms. The van der Waals surface area contributed by atoms with Crippen molar-refractivity contribution in [3.8, 4) is 11.5 Å². The van der Waals surface area contributed by atoms with E-state index in [-0.39, 0.29) is 11.3 Å². The van der Waals surface area contributed by atoms with Crippen LogP contribution in [-0.2, 0) is 5.92 Å². The highest BCUT2D eigenvalue weighted by molar-refractivity contribution is 5.50. The lowest BCUT2D eigenvalue weighted by Gasteiger charge is -2.06. The summed E-state index contributed by atoms with van der Waals surface area (Å²) < 4.78 is 35.9. The second-order valence-electron chi connectivity index (χ2n) is 2.83. The SMILES string of the molecule is COc1cccc2c1OCC2(F)F. The van der Waals surface area contributed by atoms with Crippen LogP contribution >= 0.6 is 0 Å². The molecule has 0 aromatic heterocycles. The first-order valence-electron chi connectivity index (χ1n) is 3.83. The molecule has 0 amide bonds. The molecule has 0 atom stereocenters. The highest BCUT2D eigenvalue weighted by Crippen LogP contribution is 2.45. The second-order valence-corrected chi connectivity index (χ2v) is 2.83. The van der Waals surface area contributed by atoms with E-state index < -0.39 is 12.5 Å². The van der Waals surface area contributed by atoms with E-state index >= 15 is 0 Å². The molecule has 13 heavy (non-hydrogen) atoms. The summed E-state index contributed by atoms with van der Waals surface area (Å²) >= 11 is 0. The molecule has 1 aliphatic heterocycles. The number of para-hydroxylation sites is 1. The first-order valence-corrected chi connectivity index (χ1v) is 3.83. The fourth-order valence-corrected chi connectivity index (χ4v) is 1.35. The van der Waals surface area contributed by atoms with E-state index in [1.54, 1.807) is 6.07 Å². The molecule has 0 unspecified atom stereocenters. The van der Waals surface area contributed by atoms with Gasteiger partial charge in [-0.2, -0.15) is 8.78 Å². The second kappa shape index (κ2) is 2.58. The van der Waals surface area contributed by atoms with E-state index in [9.17, 15) is 8.78 Å². The highest BCUT2D eigenvalue weighted by Gasteiger charge is 2.42. The monoisotopic (exact) mass is 186 g/mol. The summed E-state index contributed by atoms with van der Waals surface area (Å²) in [4.78, 5) is 0. The predicted molar refractivity (Wildman–Crippen MR) is 42.4 cm³/mol. The third-order valence-electron chi connectivity index (χ3n) is 1.99. The number of rotatable bonds is 1. The number of methoxy groups -OCH3 is 1.